The highest BCUT2D eigenvalue weighted by molar-refractivity contribution is 7.48. The molecule has 7 nitrogen and oxygen atoms in total. The number of rotatable bonds is 15. The highest BCUT2D eigenvalue weighted by Crippen LogP contribution is 2.49. The maximum absolute atomic E-state index is 12.2. The number of hydrogen-bond acceptors (Lipinski definition) is 7. The summed E-state index contributed by atoms with van der Waals surface area (Å²) in [6, 6.07) is 0. The van der Waals surface area contributed by atoms with Crippen molar-refractivity contribution >= 4 is 7.82 Å². The van der Waals surface area contributed by atoms with Crippen LogP contribution in [0.3, 0.4) is 0 Å². The first kappa shape index (κ1) is 20.0. The molecular formula is C12H27O7P. The first-order valence-corrected chi connectivity index (χ1v) is 8.51. The predicted octanol–water partition coefficient (Wildman–Crippen LogP) is 1.46. The van der Waals surface area contributed by atoms with Crippen LogP contribution in [0.5, 0.6) is 0 Å². The van der Waals surface area contributed by atoms with Crippen molar-refractivity contribution in [2.45, 2.75) is 38.5 Å². The molecule has 0 aromatic carbocycles. The van der Waals surface area contributed by atoms with E-state index < -0.39 is 7.82 Å². The van der Waals surface area contributed by atoms with Crippen LogP contribution < -0.4 is 0 Å². The Hall–Kier alpha value is -0.0100. The van der Waals surface area contributed by atoms with Gasteiger partial charge >= 0.3 is 7.82 Å². The van der Waals surface area contributed by atoms with E-state index in [1.165, 1.54) is 0 Å². The van der Waals surface area contributed by atoms with Gasteiger partial charge in [-0.05, 0) is 38.5 Å². The number of aliphatic hydroxyl groups is 3. The molecule has 0 aromatic heterocycles. The third-order valence-corrected chi connectivity index (χ3v) is 3.90. The van der Waals surface area contributed by atoms with Crippen LogP contribution in [-0.2, 0) is 18.1 Å². The van der Waals surface area contributed by atoms with Crippen LogP contribution in [0.2, 0.25) is 0 Å². The third-order valence-electron chi connectivity index (χ3n) is 2.41. The normalized spacial score (nSPS) is 11.9. The van der Waals surface area contributed by atoms with Crippen LogP contribution >= 0.6 is 7.82 Å². The number of phosphoric acid groups is 1. The molecule has 0 aliphatic carbocycles. The van der Waals surface area contributed by atoms with Gasteiger partial charge in [0.1, 0.15) is 0 Å². The summed E-state index contributed by atoms with van der Waals surface area (Å²) in [5, 5.41) is 26.0. The van der Waals surface area contributed by atoms with Gasteiger partial charge in [-0.15, -0.1) is 0 Å². The molecule has 0 saturated carbocycles. The van der Waals surface area contributed by atoms with Crippen molar-refractivity contribution in [3.63, 3.8) is 0 Å². The molecule has 0 radical (unpaired) electrons. The van der Waals surface area contributed by atoms with E-state index in [0.29, 0.717) is 38.5 Å². The zero-order valence-electron chi connectivity index (χ0n) is 11.9. The maximum atomic E-state index is 12.2. The average molecular weight is 314 g/mol. The topological polar surface area (TPSA) is 105 Å². The van der Waals surface area contributed by atoms with Gasteiger partial charge in [0.15, 0.2) is 0 Å². The van der Waals surface area contributed by atoms with Crippen LogP contribution in [-0.4, -0.2) is 55.0 Å². The first-order chi connectivity index (χ1) is 9.68. The minimum atomic E-state index is -3.58. The largest absolute Gasteiger partial charge is 0.474 e. The smallest absolute Gasteiger partial charge is 0.396 e. The van der Waals surface area contributed by atoms with E-state index in [4.69, 9.17) is 28.9 Å². The Morgan fingerprint density at radius 1 is 0.600 bits per heavy atom. The number of unbranched alkanes of at least 4 members (excludes halogenated alkanes) is 3. The summed E-state index contributed by atoms with van der Waals surface area (Å²) < 4.78 is 27.7. The summed E-state index contributed by atoms with van der Waals surface area (Å²) >= 11 is 0. The summed E-state index contributed by atoms with van der Waals surface area (Å²) in [4.78, 5) is 0. The summed E-state index contributed by atoms with van der Waals surface area (Å²) in [6.07, 6.45) is 3.40. The van der Waals surface area contributed by atoms with Gasteiger partial charge in [0, 0.05) is 19.8 Å². The van der Waals surface area contributed by atoms with Gasteiger partial charge in [-0.25, -0.2) is 4.57 Å². The predicted molar refractivity (Wildman–Crippen MR) is 74.4 cm³/mol. The van der Waals surface area contributed by atoms with E-state index in [2.05, 4.69) is 0 Å². The van der Waals surface area contributed by atoms with Gasteiger partial charge in [-0.1, -0.05) is 0 Å². The highest BCUT2D eigenvalue weighted by Gasteiger charge is 2.26. The van der Waals surface area contributed by atoms with Gasteiger partial charge in [-0.3, -0.25) is 13.6 Å². The van der Waals surface area contributed by atoms with Crippen molar-refractivity contribution in [2.75, 3.05) is 39.6 Å². The molecule has 0 unspecified atom stereocenters. The lowest BCUT2D eigenvalue weighted by Gasteiger charge is -2.18. The van der Waals surface area contributed by atoms with Gasteiger partial charge < -0.3 is 15.3 Å². The van der Waals surface area contributed by atoms with Crippen LogP contribution in [0.25, 0.3) is 0 Å². The van der Waals surface area contributed by atoms with Crippen molar-refractivity contribution in [1.29, 1.82) is 0 Å². The van der Waals surface area contributed by atoms with Crippen LogP contribution in [0.4, 0.5) is 0 Å². The SMILES string of the molecule is O=P(OCCCCO)(OCCCCO)OCCCCO. The average Bonchev–Trinajstić information content (AvgIpc) is 2.45. The molecule has 3 N–H and O–H groups in total. The van der Waals surface area contributed by atoms with Gasteiger partial charge in [0.2, 0.25) is 0 Å². The molecule has 20 heavy (non-hydrogen) atoms. The molecule has 0 spiro atoms. The molecular weight excluding hydrogens is 287 g/mol. The fourth-order valence-electron chi connectivity index (χ4n) is 1.28. The minimum absolute atomic E-state index is 0.0579. The molecule has 0 amide bonds. The molecule has 0 fully saturated rings. The molecule has 0 bridgehead atoms. The van der Waals surface area contributed by atoms with Crippen molar-refractivity contribution in [2.24, 2.45) is 0 Å². The lowest BCUT2D eigenvalue weighted by molar-refractivity contribution is 0.104. The molecule has 122 valence electrons. The second-order valence-electron chi connectivity index (χ2n) is 4.24. The Labute approximate surface area is 120 Å². The van der Waals surface area contributed by atoms with Gasteiger partial charge in [0.25, 0.3) is 0 Å². The van der Waals surface area contributed by atoms with E-state index in [1.54, 1.807) is 0 Å². The minimum Gasteiger partial charge on any atom is -0.396 e. The van der Waals surface area contributed by atoms with Gasteiger partial charge in [0.05, 0.1) is 19.8 Å². The zero-order chi connectivity index (χ0) is 15.1. The summed E-state index contributed by atoms with van der Waals surface area (Å²) in [5.74, 6) is 0. The highest BCUT2D eigenvalue weighted by atomic mass is 31.2. The van der Waals surface area contributed by atoms with E-state index >= 15 is 0 Å². The second kappa shape index (κ2) is 13.9. The van der Waals surface area contributed by atoms with Gasteiger partial charge in [-0.2, -0.15) is 0 Å². The van der Waals surface area contributed by atoms with E-state index in [-0.39, 0.29) is 39.6 Å². The molecule has 0 aromatic rings. The quantitative estimate of drug-likeness (QED) is 0.310. The maximum Gasteiger partial charge on any atom is 0.474 e. The molecule has 0 atom stereocenters. The molecule has 8 heteroatoms. The number of aliphatic hydroxyl groups excluding tert-OH is 3. The lowest BCUT2D eigenvalue weighted by atomic mass is 10.3. The van der Waals surface area contributed by atoms with Crippen LogP contribution in [0, 0.1) is 0 Å². The molecule has 0 heterocycles. The van der Waals surface area contributed by atoms with Crippen molar-refractivity contribution < 1.29 is 33.5 Å². The molecule has 0 aliphatic rings. The Morgan fingerprint density at radius 3 is 1.15 bits per heavy atom. The second-order valence-corrected chi connectivity index (χ2v) is 5.91. The van der Waals surface area contributed by atoms with E-state index in [1.807, 2.05) is 0 Å². The third kappa shape index (κ3) is 11.8. The van der Waals surface area contributed by atoms with E-state index in [0.717, 1.165) is 0 Å². The Kier molecular flexibility index (Phi) is 13.9. The van der Waals surface area contributed by atoms with Crippen LogP contribution in [0.1, 0.15) is 38.5 Å². The Balaban J connectivity index is 4.02. The van der Waals surface area contributed by atoms with Crippen molar-refractivity contribution in [3.8, 4) is 0 Å². The zero-order valence-corrected chi connectivity index (χ0v) is 12.8. The number of hydrogen-bond donors (Lipinski definition) is 3. The standard InChI is InChI=1S/C12H27O7P/c13-7-1-4-10-17-20(16,18-11-5-2-8-14)19-12-6-3-9-15/h13-15H,1-12H2. The lowest BCUT2D eigenvalue weighted by Crippen LogP contribution is -2.05. The fourth-order valence-corrected chi connectivity index (χ4v) is 2.56. The van der Waals surface area contributed by atoms with Crippen molar-refractivity contribution in [3.05, 3.63) is 0 Å². The molecule has 0 rings (SSSR count). The molecule has 0 aliphatic heterocycles. The Bertz CT molecular complexity index is 212. The number of phosphoric ester groups is 1. The molecule has 0 saturated heterocycles. The summed E-state index contributed by atoms with van der Waals surface area (Å²) in [7, 11) is -3.58. The monoisotopic (exact) mass is 314 g/mol. The summed E-state index contributed by atoms with van der Waals surface area (Å²) in [6.45, 7) is 0.751. The van der Waals surface area contributed by atoms with E-state index in [9.17, 15) is 4.57 Å². The summed E-state index contributed by atoms with van der Waals surface area (Å²) in [5.41, 5.74) is 0. The van der Waals surface area contributed by atoms with Crippen LogP contribution in [0.15, 0.2) is 0 Å². The fraction of sp³-hybridized carbons (Fsp3) is 1.00. The van der Waals surface area contributed by atoms with Crippen molar-refractivity contribution in [1.82, 2.24) is 0 Å². The first-order valence-electron chi connectivity index (χ1n) is 7.05. The Morgan fingerprint density at radius 2 is 0.900 bits per heavy atom.